The van der Waals surface area contributed by atoms with E-state index in [2.05, 4.69) is 328 Å². The Morgan fingerprint density at radius 1 is 0.250 bits per heavy atom. The lowest BCUT2D eigenvalue weighted by atomic mass is 9.67. The van der Waals surface area contributed by atoms with Crippen molar-refractivity contribution in [2.24, 2.45) is 0 Å². The van der Waals surface area contributed by atoms with Crippen molar-refractivity contribution in [3.8, 4) is 90.1 Å². The Bertz CT molecular complexity index is 6830. The summed E-state index contributed by atoms with van der Waals surface area (Å²) in [6, 6.07) is 119. The van der Waals surface area contributed by atoms with Crippen molar-refractivity contribution in [2.75, 3.05) is 0 Å². The first-order valence-corrected chi connectivity index (χ1v) is 38.7. The normalized spacial score (nSPS) is 14.4. The molecule has 0 saturated heterocycles. The van der Waals surface area contributed by atoms with Gasteiger partial charge in [0.05, 0.1) is 28.2 Å². The lowest BCUT2D eigenvalue weighted by Crippen LogP contribution is -2.28. The summed E-state index contributed by atoms with van der Waals surface area (Å²) in [5.74, 6) is 1.41. The standard InChI is InChI=1S/C96H58N4S4/c1-95(75-46-13-8-33-67(75)86-73(44-23-48-77(86)95)93-97-79(69-40-19-36-62-59-30-10-15-50-83(59)101-89(62)69)53-80(98-93)70-41-20-37-63-60-31-11-16-51-84(60)102-90(63)70)55-56-25-18-35-65-66-39-22-43-72(92(66)104-88(56)65)82-54-81(71-42-21-38-64-61-32-12-17-52-85(61)103-91(64)71)99-94(100-82)74-45-24-49-78-87(74)68-34-9-14-47-76(68)96(78,57-26-4-2-5-27-57)58-28-6-3-7-29-58/h2-54H,55H2,1H3. The summed E-state index contributed by atoms with van der Waals surface area (Å²) in [4.78, 5) is 23.1. The molecule has 2 aliphatic rings. The Balaban J connectivity index is 0.714. The number of nitrogens with zero attached hydrogens (tertiary/aromatic N) is 4. The third kappa shape index (κ3) is 8.74. The topological polar surface area (TPSA) is 51.6 Å². The van der Waals surface area contributed by atoms with Gasteiger partial charge in [-0.25, -0.2) is 19.9 Å². The van der Waals surface area contributed by atoms with Crippen LogP contribution in [0.15, 0.2) is 322 Å². The number of hydrogen-bond donors (Lipinski definition) is 0. The molecule has 1 atom stereocenters. The minimum absolute atomic E-state index is 0.432. The molecule has 1 unspecified atom stereocenters. The van der Waals surface area contributed by atoms with E-state index in [0.29, 0.717) is 11.6 Å². The van der Waals surface area contributed by atoms with Crippen LogP contribution in [0.3, 0.4) is 0 Å². The van der Waals surface area contributed by atoms with Gasteiger partial charge in [-0.3, -0.25) is 0 Å². The van der Waals surface area contributed by atoms with Crippen LogP contribution in [-0.4, -0.2) is 19.9 Å². The minimum Gasteiger partial charge on any atom is -0.228 e. The largest absolute Gasteiger partial charge is 0.228 e. The average Bonchev–Trinajstić information content (AvgIpc) is 1.53. The van der Waals surface area contributed by atoms with E-state index in [0.717, 1.165) is 68.1 Å². The molecule has 0 N–H and O–H groups in total. The summed E-state index contributed by atoms with van der Waals surface area (Å²) < 4.78 is 9.94. The maximum absolute atomic E-state index is 5.87. The first-order valence-electron chi connectivity index (χ1n) is 35.4. The van der Waals surface area contributed by atoms with Crippen molar-refractivity contribution in [1.29, 1.82) is 0 Å². The van der Waals surface area contributed by atoms with Gasteiger partial charge in [-0.1, -0.05) is 298 Å². The summed E-state index contributed by atoms with van der Waals surface area (Å²) in [6.45, 7) is 2.47. The fourth-order valence-electron chi connectivity index (χ4n) is 17.8. The predicted octanol–water partition coefficient (Wildman–Crippen LogP) is 26.6. The molecule has 0 amide bonds. The van der Waals surface area contributed by atoms with Crippen molar-refractivity contribution in [3.63, 3.8) is 0 Å². The fraction of sp³-hybridized carbons (Fsp3) is 0.0417. The highest BCUT2D eigenvalue weighted by molar-refractivity contribution is 7.27. The van der Waals surface area contributed by atoms with Crippen LogP contribution >= 0.6 is 45.3 Å². The van der Waals surface area contributed by atoms with Gasteiger partial charge in [-0.05, 0) is 98.0 Å². The van der Waals surface area contributed by atoms with E-state index < -0.39 is 10.8 Å². The molecule has 2 aliphatic carbocycles. The van der Waals surface area contributed by atoms with E-state index in [9.17, 15) is 0 Å². The molecule has 0 fully saturated rings. The van der Waals surface area contributed by atoms with Gasteiger partial charge in [0, 0.05) is 119 Å². The maximum atomic E-state index is 5.87. The molecule has 486 valence electrons. The molecule has 0 bridgehead atoms. The van der Waals surface area contributed by atoms with E-state index in [4.69, 9.17) is 19.9 Å². The van der Waals surface area contributed by atoms with Gasteiger partial charge >= 0.3 is 0 Å². The lowest BCUT2D eigenvalue weighted by Gasteiger charge is -2.33. The highest BCUT2D eigenvalue weighted by Gasteiger charge is 2.47. The Hall–Kier alpha value is -11.9. The van der Waals surface area contributed by atoms with Crippen LogP contribution in [0.2, 0.25) is 0 Å². The maximum Gasteiger partial charge on any atom is 0.161 e. The molecule has 6 heterocycles. The number of fused-ring (bicyclic) bond motifs is 18. The van der Waals surface area contributed by atoms with Crippen molar-refractivity contribution < 1.29 is 0 Å². The van der Waals surface area contributed by atoms with E-state index in [-0.39, 0.29) is 0 Å². The fourth-order valence-corrected chi connectivity index (χ4v) is 22.8. The molecule has 0 saturated carbocycles. The molecule has 0 aliphatic heterocycles. The summed E-state index contributed by atoms with van der Waals surface area (Å²) in [6.07, 6.45) is 0.767. The molecule has 4 nitrogen and oxygen atoms in total. The molecule has 0 radical (unpaired) electrons. The van der Waals surface area contributed by atoms with E-state index >= 15 is 0 Å². The van der Waals surface area contributed by atoms with Crippen LogP contribution in [-0.2, 0) is 17.3 Å². The number of aromatic nitrogens is 4. The molecule has 8 heteroatoms. The molecule has 22 rings (SSSR count). The zero-order valence-corrected chi connectivity index (χ0v) is 59.5. The molecule has 20 aromatic rings. The molecule has 14 aromatic carbocycles. The van der Waals surface area contributed by atoms with Gasteiger partial charge in [-0.15, -0.1) is 45.3 Å². The number of hydrogen-bond acceptors (Lipinski definition) is 8. The summed E-state index contributed by atoms with van der Waals surface area (Å²) >= 11 is 7.42. The highest BCUT2D eigenvalue weighted by Crippen LogP contribution is 2.60. The SMILES string of the molecule is CC1(Cc2cccc3c2sc2c(-c4cc(-c5cccc6c5sc5ccccc56)nc(-c5cccc6c5-c5ccccc5C6(c5ccccc5)c5ccccc5)n4)cccc23)c2ccccc2-c2c(-c3nc(-c4cccc5c4sc4ccccc45)cc(-c4cccc5c4sc4ccccc45)n3)cccc21. The molecular formula is C96H58N4S4. The Kier molecular flexibility index (Phi) is 13.3. The van der Waals surface area contributed by atoms with Gasteiger partial charge < -0.3 is 0 Å². The number of rotatable bonds is 10. The van der Waals surface area contributed by atoms with Gasteiger partial charge in [0.15, 0.2) is 11.6 Å². The van der Waals surface area contributed by atoms with Gasteiger partial charge in [0.2, 0.25) is 0 Å². The molecule has 0 spiro atoms. The van der Waals surface area contributed by atoms with Crippen LogP contribution in [0.1, 0.15) is 45.9 Å². The Morgan fingerprint density at radius 3 is 1.05 bits per heavy atom. The van der Waals surface area contributed by atoms with Crippen molar-refractivity contribution in [3.05, 3.63) is 360 Å². The minimum atomic E-state index is -0.590. The van der Waals surface area contributed by atoms with E-state index in [1.165, 1.54) is 136 Å². The molecule has 6 aromatic heterocycles. The predicted molar refractivity (Wildman–Crippen MR) is 441 cm³/mol. The van der Waals surface area contributed by atoms with Crippen LogP contribution < -0.4 is 0 Å². The first-order chi connectivity index (χ1) is 51.4. The second-order valence-corrected chi connectivity index (χ2v) is 32.1. The quantitative estimate of drug-likeness (QED) is 0.137. The second-order valence-electron chi connectivity index (χ2n) is 27.9. The van der Waals surface area contributed by atoms with E-state index in [1.807, 2.05) is 45.3 Å². The first kappa shape index (κ1) is 59.8. The third-order valence-corrected chi connectivity index (χ3v) is 27.3. The Morgan fingerprint density at radius 2 is 0.567 bits per heavy atom. The summed E-state index contributed by atoms with van der Waals surface area (Å²) in [5.41, 5.74) is 22.6. The highest BCUT2D eigenvalue weighted by atomic mass is 32.1. The zero-order chi connectivity index (χ0) is 68.4. The third-order valence-electron chi connectivity index (χ3n) is 22.3. The monoisotopic (exact) mass is 1390 g/mol. The van der Waals surface area contributed by atoms with Crippen LogP contribution in [0.5, 0.6) is 0 Å². The van der Waals surface area contributed by atoms with E-state index in [1.54, 1.807) is 0 Å². The van der Waals surface area contributed by atoms with Crippen molar-refractivity contribution in [1.82, 2.24) is 19.9 Å². The summed E-state index contributed by atoms with van der Waals surface area (Å²) in [7, 11) is 0. The smallest absolute Gasteiger partial charge is 0.161 e. The molecular weight excluding hydrogens is 1340 g/mol. The van der Waals surface area contributed by atoms with Crippen molar-refractivity contribution in [2.45, 2.75) is 24.2 Å². The van der Waals surface area contributed by atoms with Crippen LogP contribution in [0.4, 0.5) is 0 Å². The average molecular weight is 1400 g/mol. The zero-order valence-electron chi connectivity index (χ0n) is 56.2. The lowest BCUT2D eigenvalue weighted by molar-refractivity contribution is 0.585. The van der Waals surface area contributed by atoms with Crippen LogP contribution in [0, 0.1) is 0 Å². The number of benzene rings is 14. The summed E-state index contributed by atoms with van der Waals surface area (Å²) in [5, 5.41) is 9.97. The van der Waals surface area contributed by atoms with Gasteiger partial charge in [-0.2, -0.15) is 0 Å². The molecule has 104 heavy (non-hydrogen) atoms. The van der Waals surface area contributed by atoms with Crippen LogP contribution in [0.25, 0.3) is 171 Å². The van der Waals surface area contributed by atoms with Crippen molar-refractivity contribution >= 4 is 126 Å². The number of thiophene rings is 4. The Labute approximate surface area is 615 Å². The second kappa shape index (κ2) is 23.1. The van der Waals surface area contributed by atoms with Gasteiger partial charge in [0.1, 0.15) is 0 Å². The van der Waals surface area contributed by atoms with Gasteiger partial charge in [0.25, 0.3) is 0 Å².